The number of hydrogen-bond acceptors (Lipinski definition) is 4. The number of nitrogens with zero attached hydrogens (tertiary/aromatic N) is 2. The molecule has 1 aromatic rings. The summed E-state index contributed by atoms with van der Waals surface area (Å²) < 4.78 is 5.26. The van der Waals surface area contributed by atoms with Gasteiger partial charge < -0.3 is 15.0 Å². The van der Waals surface area contributed by atoms with Crippen LogP contribution >= 0.6 is 0 Å². The predicted molar refractivity (Wildman–Crippen MR) is 71.8 cm³/mol. The summed E-state index contributed by atoms with van der Waals surface area (Å²) in [5.41, 5.74) is 1.17. The molecule has 1 atom stereocenters. The molecule has 0 aliphatic carbocycles. The van der Waals surface area contributed by atoms with E-state index in [-0.39, 0.29) is 6.04 Å². The molecule has 1 N–H and O–H groups in total. The van der Waals surface area contributed by atoms with Crippen LogP contribution in [-0.2, 0) is 0 Å². The SMILES string of the molecule is COc1cccc(N2CCCNC(CC#N)C2)c1. The van der Waals surface area contributed by atoms with Crippen LogP contribution in [-0.4, -0.2) is 32.8 Å². The first-order valence-electron chi connectivity index (χ1n) is 6.33. The third kappa shape index (κ3) is 3.14. The summed E-state index contributed by atoms with van der Waals surface area (Å²) in [6, 6.07) is 10.6. The second-order valence-corrected chi connectivity index (χ2v) is 4.51. The number of anilines is 1. The molecule has 2 rings (SSSR count). The number of ether oxygens (including phenoxy) is 1. The zero-order valence-electron chi connectivity index (χ0n) is 10.7. The van der Waals surface area contributed by atoms with Crippen LogP contribution in [0, 0.1) is 11.3 Å². The Labute approximate surface area is 108 Å². The summed E-state index contributed by atoms with van der Waals surface area (Å²) in [7, 11) is 1.68. The van der Waals surface area contributed by atoms with Crippen LogP contribution in [0.25, 0.3) is 0 Å². The lowest BCUT2D eigenvalue weighted by Crippen LogP contribution is -2.37. The van der Waals surface area contributed by atoms with Gasteiger partial charge in [-0.1, -0.05) is 6.07 Å². The highest BCUT2D eigenvalue weighted by atomic mass is 16.5. The first-order chi connectivity index (χ1) is 8.83. The van der Waals surface area contributed by atoms with E-state index in [4.69, 9.17) is 10.00 Å². The Morgan fingerprint density at radius 3 is 3.22 bits per heavy atom. The van der Waals surface area contributed by atoms with E-state index in [0.29, 0.717) is 6.42 Å². The Balaban J connectivity index is 2.12. The van der Waals surface area contributed by atoms with Gasteiger partial charge in [0.05, 0.1) is 19.6 Å². The molecule has 0 saturated carbocycles. The summed E-state index contributed by atoms with van der Waals surface area (Å²) >= 11 is 0. The molecule has 1 heterocycles. The first-order valence-corrected chi connectivity index (χ1v) is 6.33. The van der Waals surface area contributed by atoms with Gasteiger partial charge in [-0.15, -0.1) is 0 Å². The monoisotopic (exact) mass is 245 g/mol. The third-order valence-corrected chi connectivity index (χ3v) is 3.23. The van der Waals surface area contributed by atoms with Crippen molar-refractivity contribution in [3.05, 3.63) is 24.3 Å². The first kappa shape index (κ1) is 12.7. The maximum absolute atomic E-state index is 8.82. The predicted octanol–water partition coefficient (Wildman–Crippen LogP) is 1.78. The van der Waals surface area contributed by atoms with Gasteiger partial charge in [-0.25, -0.2) is 0 Å². The molecule has 1 aromatic carbocycles. The summed E-state index contributed by atoms with van der Waals surface area (Å²) in [6.45, 7) is 2.87. The standard InChI is InChI=1S/C14H19N3O/c1-18-14-5-2-4-13(10-14)17-9-3-8-16-12(11-17)6-7-15/h2,4-5,10,12,16H,3,6,8-9,11H2,1H3. The summed E-state index contributed by atoms with van der Waals surface area (Å²) in [5, 5.41) is 12.2. The topological polar surface area (TPSA) is 48.3 Å². The molecule has 4 heteroatoms. The molecule has 1 aliphatic rings. The maximum atomic E-state index is 8.82. The highest BCUT2D eigenvalue weighted by molar-refractivity contribution is 5.51. The van der Waals surface area contributed by atoms with E-state index in [2.05, 4.69) is 28.4 Å². The van der Waals surface area contributed by atoms with E-state index in [1.165, 1.54) is 5.69 Å². The average Bonchev–Trinajstić information content (AvgIpc) is 2.65. The second kappa shape index (κ2) is 6.27. The van der Waals surface area contributed by atoms with Crippen molar-refractivity contribution in [1.82, 2.24) is 5.32 Å². The van der Waals surface area contributed by atoms with Crippen molar-refractivity contribution in [1.29, 1.82) is 5.26 Å². The molecule has 0 amide bonds. The Kier molecular flexibility index (Phi) is 4.43. The van der Waals surface area contributed by atoms with Gasteiger partial charge in [-0.05, 0) is 25.1 Å². The van der Waals surface area contributed by atoms with Crippen molar-refractivity contribution < 1.29 is 4.74 Å². The van der Waals surface area contributed by atoms with E-state index in [1.807, 2.05) is 12.1 Å². The van der Waals surface area contributed by atoms with Gasteiger partial charge in [-0.3, -0.25) is 0 Å². The fraction of sp³-hybridized carbons (Fsp3) is 0.500. The molecule has 96 valence electrons. The molecule has 0 bridgehead atoms. The molecule has 4 nitrogen and oxygen atoms in total. The van der Waals surface area contributed by atoms with E-state index in [9.17, 15) is 0 Å². The number of rotatable bonds is 3. The largest absolute Gasteiger partial charge is 0.497 e. The van der Waals surface area contributed by atoms with Crippen LogP contribution < -0.4 is 15.0 Å². The zero-order valence-corrected chi connectivity index (χ0v) is 10.7. The maximum Gasteiger partial charge on any atom is 0.120 e. The van der Waals surface area contributed by atoms with Crippen LogP contribution in [0.3, 0.4) is 0 Å². The second-order valence-electron chi connectivity index (χ2n) is 4.51. The zero-order chi connectivity index (χ0) is 12.8. The number of benzene rings is 1. The molecule has 1 fully saturated rings. The molecule has 18 heavy (non-hydrogen) atoms. The number of nitrogens with one attached hydrogen (secondary N) is 1. The average molecular weight is 245 g/mol. The molecule has 1 unspecified atom stereocenters. The summed E-state index contributed by atoms with van der Waals surface area (Å²) in [6.07, 6.45) is 1.65. The quantitative estimate of drug-likeness (QED) is 0.881. The lowest BCUT2D eigenvalue weighted by Gasteiger charge is -2.25. The van der Waals surface area contributed by atoms with E-state index in [0.717, 1.165) is 31.8 Å². The molecular formula is C14H19N3O. The summed E-state index contributed by atoms with van der Waals surface area (Å²) in [5.74, 6) is 0.876. The number of methoxy groups -OCH3 is 1. The normalized spacial score (nSPS) is 20.0. The van der Waals surface area contributed by atoms with Gasteiger partial charge in [0.15, 0.2) is 0 Å². The lowest BCUT2D eigenvalue weighted by atomic mass is 10.2. The Hall–Kier alpha value is -1.73. The van der Waals surface area contributed by atoms with Crippen molar-refractivity contribution in [2.45, 2.75) is 18.9 Å². The van der Waals surface area contributed by atoms with Crippen molar-refractivity contribution in [3.63, 3.8) is 0 Å². The molecule has 1 aliphatic heterocycles. The van der Waals surface area contributed by atoms with Crippen molar-refractivity contribution in [2.75, 3.05) is 31.6 Å². The number of nitriles is 1. The van der Waals surface area contributed by atoms with Crippen molar-refractivity contribution in [2.24, 2.45) is 0 Å². The number of hydrogen-bond donors (Lipinski definition) is 1. The van der Waals surface area contributed by atoms with Crippen molar-refractivity contribution >= 4 is 5.69 Å². The molecular weight excluding hydrogens is 226 g/mol. The Morgan fingerprint density at radius 2 is 2.44 bits per heavy atom. The molecule has 0 spiro atoms. The van der Waals surface area contributed by atoms with E-state index < -0.39 is 0 Å². The highest BCUT2D eigenvalue weighted by Gasteiger charge is 2.17. The van der Waals surface area contributed by atoms with Crippen LogP contribution in [0.4, 0.5) is 5.69 Å². The molecule has 0 aromatic heterocycles. The minimum atomic E-state index is 0.253. The van der Waals surface area contributed by atoms with Gasteiger partial charge in [0.2, 0.25) is 0 Å². The van der Waals surface area contributed by atoms with Crippen LogP contribution in [0.2, 0.25) is 0 Å². The minimum absolute atomic E-state index is 0.253. The van der Waals surface area contributed by atoms with E-state index in [1.54, 1.807) is 7.11 Å². The van der Waals surface area contributed by atoms with Gasteiger partial charge in [0.1, 0.15) is 5.75 Å². The molecule has 0 radical (unpaired) electrons. The van der Waals surface area contributed by atoms with Gasteiger partial charge in [0, 0.05) is 30.9 Å². The lowest BCUT2D eigenvalue weighted by molar-refractivity contribution is 0.414. The van der Waals surface area contributed by atoms with Crippen molar-refractivity contribution in [3.8, 4) is 11.8 Å². The Morgan fingerprint density at radius 1 is 1.56 bits per heavy atom. The third-order valence-electron chi connectivity index (χ3n) is 3.23. The van der Waals surface area contributed by atoms with Crippen LogP contribution in [0.15, 0.2) is 24.3 Å². The fourth-order valence-electron chi connectivity index (χ4n) is 2.29. The van der Waals surface area contributed by atoms with Gasteiger partial charge in [-0.2, -0.15) is 5.26 Å². The molecule has 1 saturated heterocycles. The summed E-state index contributed by atoms with van der Waals surface area (Å²) in [4.78, 5) is 2.32. The van der Waals surface area contributed by atoms with E-state index >= 15 is 0 Å². The Bertz CT molecular complexity index is 427. The smallest absolute Gasteiger partial charge is 0.120 e. The van der Waals surface area contributed by atoms with Crippen LogP contribution in [0.5, 0.6) is 5.75 Å². The van der Waals surface area contributed by atoms with Gasteiger partial charge in [0.25, 0.3) is 0 Å². The van der Waals surface area contributed by atoms with Crippen LogP contribution in [0.1, 0.15) is 12.8 Å². The van der Waals surface area contributed by atoms with Gasteiger partial charge >= 0.3 is 0 Å². The fourth-order valence-corrected chi connectivity index (χ4v) is 2.29. The highest BCUT2D eigenvalue weighted by Crippen LogP contribution is 2.22. The minimum Gasteiger partial charge on any atom is -0.497 e.